The minimum absolute atomic E-state index is 0.205. The molecule has 2 heterocycles. The second kappa shape index (κ2) is 10.7. The predicted octanol–water partition coefficient (Wildman–Crippen LogP) is 4.12. The van der Waals surface area contributed by atoms with Crippen LogP contribution >= 0.6 is 0 Å². The van der Waals surface area contributed by atoms with Crippen LogP contribution in [0.3, 0.4) is 0 Å². The minimum atomic E-state index is -0.657. The number of para-hydroxylation sites is 1. The predicted molar refractivity (Wildman–Crippen MR) is 120 cm³/mol. The summed E-state index contributed by atoms with van der Waals surface area (Å²) in [5.41, 5.74) is 2.10. The lowest BCUT2D eigenvalue weighted by Gasteiger charge is -2.23. The summed E-state index contributed by atoms with van der Waals surface area (Å²) in [4.78, 5) is 6.61. The molecule has 166 valence electrons. The molecule has 7 heteroatoms. The quantitative estimate of drug-likeness (QED) is 0.381. The lowest BCUT2D eigenvalue weighted by Crippen LogP contribution is -2.36. The first kappa shape index (κ1) is 21.8. The molecule has 1 N–H and O–H groups in total. The third-order valence-electron chi connectivity index (χ3n) is 5.03. The molecular weight excluding hydrogens is 406 g/mol. The van der Waals surface area contributed by atoms with Crippen molar-refractivity contribution in [2.75, 3.05) is 19.7 Å². The van der Waals surface area contributed by atoms with E-state index in [2.05, 4.69) is 15.0 Å². The van der Waals surface area contributed by atoms with Crippen molar-refractivity contribution in [2.45, 2.75) is 26.0 Å². The topological polar surface area (TPSA) is 84.8 Å². The maximum absolute atomic E-state index is 10.5. The largest absolute Gasteiger partial charge is 0.491 e. The summed E-state index contributed by atoms with van der Waals surface area (Å²) in [7, 11) is 0. The fraction of sp³-hybridized carbons (Fsp3) is 0.280. The molecule has 0 radical (unpaired) electrons. The van der Waals surface area contributed by atoms with E-state index >= 15 is 0 Å². The lowest BCUT2D eigenvalue weighted by atomic mass is 10.1. The number of hydrogen-bond acceptors (Lipinski definition) is 7. The number of aryl methyl sites for hydroxylation is 1. The van der Waals surface area contributed by atoms with Crippen molar-refractivity contribution in [1.29, 1.82) is 0 Å². The van der Waals surface area contributed by atoms with Gasteiger partial charge in [0.2, 0.25) is 11.7 Å². The Balaban J connectivity index is 1.34. The first-order valence-corrected chi connectivity index (χ1v) is 10.7. The Hall–Kier alpha value is -3.42. The molecule has 0 aliphatic heterocycles. The van der Waals surface area contributed by atoms with Gasteiger partial charge in [0, 0.05) is 25.1 Å². The Kier molecular flexibility index (Phi) is 7.32. The van der Waals surface area contributed by atoms with Gasteiger partial charge in [0.05, 0.1) is 12.8 Å². The van der Waals surface area contributed by atoms with E-state index in [0.29, 0.717) is 37.8 Å². The van der Waals surface area contributed by atoms with Gasteiger partial charge in [-0.2, -0.15) is 4.98 Å². The number of hydrogen-bond donors (Lipinski definition) is 1. The molecule has 2 aromatic carbocycles. The molecule has 0 saturated heterocycles. The molecule has 0 aliphatic carbocycles. The van der Waals surface area contributed by atoms with Gasteiger partial charge in [-0.15, -0.1) is 0 Å². The Morgan fingerprint density at radius 2 is 1.84 bits per heavy atom. The SMILES string of the molecule is Cc1ccc(-c2noc(CCN(Cc3ccco3)C[C@H](O)COc3ccccc3)n2)cc1. The zero-order valence-electron chi connectivity index (χ0n) is 18.1. The molecule has 0 unspecified atom stereocenters. The molecule has 32 heavy (non-hydrogen) atoms. The normalized spacial score (nSPS) is 12.2. The summed E-state index contributed by atoms with van der Waals surface area (Å²) < 4.78 is 16.6. The summed E-state index contributed by atoms with van der Waals surface area (Å²) >= 11 is 0. The Labute approximate surface area is 187 Å². The molecule has 0 bridgehead atoms. The molecule has 0 saturated carbocycles. The molecule has 0 spiro atoms. The molecule has 1 atom stereocenters. The van der Waals surface area contributed by atoms with Gasteiger partial charge in [-0.3, -0.25) is 4.90 Å². The maximum atomic E-state index is 10.5. The van der Waals surface area contributed by atoms with E-state index in [4.69, 9.17) is 13.7 Å². The van der Waals surface area contributed by atoms with E-state index in [1.54, 1.807) is 6.26 Å². The Morgan fingerprint density at radius 1 is 1.03 bits per heavy atom. The van der Waals surface area contributed by atoms with Crippen LogP contribution < -0.4 is 4.74 Å². The van der Waals surface area contributed by atoms with Crippen LogP contribution in [0, 0.1) is 6.92 Å². The van der Waals surface area contributed by atoms with Crippen LogP contribution in [0.5, 0.6) is 5.75 Å². The highest BCUT2D eigenvalue weighted by Crippen LogP contribution is 2.17. The van der Waals surface area contributed by atoms with Crippen molar-refractivity contribution in [3.63, 3.8) is 0 Å². The van der Waals surface area contributed by atoms with E-state index in [1.165, 1.54) is 5.56 Å². The van der Waals surface area contributed by atoms with Crippen LogP contribution in [-0.4, -0.2) is 45.9 Å². The van der Waals surface area contributed by atoms with Crippen LogP contribution in [0.15, 0.2) is 81.9 Å². The van der Waals surface area contributed by atoms with Crippen molar-refractivity contribution in [3.05, 3.63) is 90.2 Å². The van der Waals surface area contributed by atoms with Crippen LogP contribution in [0.4, 0.5) is 0 Å². The standard InChI is InChI=1S/C25H27N3O4/c1-19-9-11-20(12-10-19)25-26-24(32-27-25)13-14-28(17-23-8-5-15-30-23)16-21(29)18-31-22-6-3-2-4-7-22/h2-12,15,21,29H,13-14,16-18H2,1H3/t21-/m0/s1. The van der Waals surface area contributed by atoms with Gasteiger partial charge >= 0.3 is 0 Å². The van der Waals surface area contributed by atoms with Gasteiger partial charge in [0.15, 0.2) is 0 Å². The number of rotatable bonds is 11. The van der Waals surface area contributed by atoms with E-state index in [0.717, 1.165) is 17.1 Å². The summed E-state index contributed by atoms with van der Waals surface area (Å²) in [5, 5.41) is 14.6. The zero-order valence-corrected chi connectivity index (χ0v) is 18.1. The van der Waals surface area contributed by atoms with Crippen LogP contribution in [-0.2, 0) is 13.0 Å². The maximum Gasteiger partial charge on any atom is 0.228 e. The summed E-state index contributed by atoms with van der Waals surface area (Å²) in [5.74, 6) is 2.69. The molecule has 7 nitrogen and oxygen atoms in total. The number of aliphatic hydroxyl groups excluding tert-OH is 1. The van der Waals surface area contributed by atoms with E-state index in [1.807, 2.05) is 73.7 Å². The van der Waals surface area contributed by atoms with E-state index < -0.39 is 6.10 Å². The monoisotopic (exact) mass is 433 g/mol. The molecule has 4 aromatic rings. The molecule has 0 aliphatic rings. The van der Waals surface area contributed by atoms with Gasteiger partial charge in [0.1, 0.15) is 24.2 Å². The second-order valence-electron chi connectivity index (χ2n) is 7.72. The molecular formula is C25H27N3O4. The number of benzene rings is 2. The fourth-order valence-electron chi connectivity index (χ4n) is 3.35. The first-order chi connectivity index (χ1) is 15.7. The van der Waals surface area contributed by atoms with Crippen LogP contribution in [0.1, 0.15) is 17.2 Å². The number of ether oxygens (including phenoxy) is 1. The third-order valence-corrected chi connectivity index (χ3v) is 5.03. The minimum Gasteiger partial charge on any atom is -0.491 e. The highest BCUT2D eigenvalue weighted by Gasteiger charge is 2.16. The van der Waals surface area contributed by atoms with E-state index in [-0.39, 0.29) is 6.61 Å². The van der Waals surface area contributed by atoms with Gasteiger partial charge < -0.3 is 18.8 Å². The van der Waals surface area contributed by atoms with Crippen molar-refractivity contribution >= 4 is 0 Å². The highest BCUT2D eigenvalue weighted by molar-refractivity contribution is 5.54. The summed E-state index contributed by atoms with van der Waals surface area (Å²) in [6.07, 6.45) is 1.55. The average molecular weight is 434 g/mol. The Bertz CT molecular complexity index is 1060. The molecule has 0 amide bonds. The number of aliphatic hydroxyl groups is 1. The first-order valence-electron chi connectivity index (χ1n) is 10.7. The fourth-order valence-corrected chi connectivity index (χ4v) is 3.35. The summed E-state index contributed by atoms with van der Waals surface area (Å²) in [6, 6.07) is 21.3. The second-order valence-corrected chi connectivity index (χ2v) is 7.72. The van der Waals surface area contributed by atoms with Gasteiger partial charge in [-0.1, -0.05) is 53.2 Å². The smallest absolute Gasteiger partial charge is 0.228 e. The number of aromatic nitrogens is 2. The van der Waals surface area contributed by atoms with Crippen molar-refractivity contribution in [1.82, 2.24) is 15.0 Å². The van der Waals surface area contributed by atoms with E-state index in [9.17, 15) is 5.11 Å². The molecule has 4 rings (SSSR count). The Morgan fingerprint density at radius 3 is 2.59 bits per heavy atom. The number of nitrogens with zero attached hydrogens (tertiary/aromatic N) is 3. The van der Waals surface area contributed by atoms with Gasteiger partial charge in [0.25, 0.3) is 0 Å². The third kappa shape index (κ3) is 6.29. The lowest BCUT2D eigenvalue weighted by molar-refractivity contribution is 0.0629. The van der Waals surface area contributed by atoms with Crippen LogP contribution in [0.2, 0.25) is 0 Å². The van der Waals surface area contributed by atoms with Gasteiger partial charge in [-0.25, -0.2) is 0 Å². The van der Waals surface area contributed by atoms with Gasteiger partial charge in [-0.05, 0) is 31.2 Å². The number of furan rings is 1. The van der Waals surface area contributed by atoms with Crippen molar-refractivity contribution < 1.29 is 18.8 Å². The van der Waals surface area contributed by atoms with Crippen LogP contribution in [0.25, 0.3) is 11.4 Å². The zero-order chi connectivity index (χ0) is 22.2. The average Bonchev–Trinajstić information content (AvgIpc) is 3.50. The van der Waals surface area contributed by atoms with Crippen molar-refractivity contribution in [2.24, 2.45) is 0 Å². The molecule has 2 aromatic heterocycles. The van der Waals surface area contributed by atoms with Crippen molar-refractivity contribution in [3.8, 4) is 17.1 Å². The molecule has 0 fully saturated rings. The summed E-state index contributed by atoms with van der Waals surface area (Å²) in [6.45, 7) is 3.86. The highest BCUT2D eigenvalue weighted by atomic mass is 16.5.